The minimum absolute atomic E-state index is 0.190. The fraction of sp³-hybridized carbons (Fsp3) is 0.333. The predicted octanol–water partition coefficient (Wildman–Crippen LogP) is 2.41. The van der Waals surface area contributed by atoms with Gasteiger partial charge in [-0.25, -0.2) is 4.39 Å². The molecule has 10 heteroatoms. The Labute approximate surface area is 182 Å². The molecule has 0 aliphatic carbocycles. The van der Waals surface area contributed by atoms with Crippen LogP contribution in [0.2, 0.25) is 0 Å². The summed E-state index contributed by atoms with van der Waals surface area (Å²) < 4.78 is 18.3. The molecule has 31 heavy (non-hydrogen) atoms. The largest absolute Gasteiger partial charge is 0.452 e. The molecule has 0 spiro atoms. The molecular weight excluding hydrogens is 425 g/mol. The minimum atomic E-state index is -1.06. The molecule has 3 rings (SSSR count). The van der Waals surface area contributed by atoms with Crippen LogP contribution in [-0.4, -0.2) is 47.8 Å². The summed E-state index contributed by atoms with van der Waals surface area (Å²) >= 11 is 1.14. The summed E-state index contributed by atoms with van der Waals surface area (Å²) in [5.74, 6) is -2.82. The monoisotopic (exact) mass is 447 g/mol. The zero-order chi connectivity index (χ0) is 22.5. The van der Waals surface area contributed by atoms with Gasteiger partial charge < -0.3 is 20.7 Å². The van der Waals surface area contributed by atoms with Crippen LogP contribution in [-0.2, 0) is 14.3 Å². The summed E-state index contributed by atoms with van der Waals surface area (Å²) in [7, 11) is 0. The molecule has 2 aromatic rings. The predicted molar refractivity (Wildman–Crippen MR) is 112 cm³/mol. The number of rotatable bonds is 6. The number of ether oxygens (including phenoxy) is 1. The Kier molecular flexibility index (Phi) is 7.01. The summed E-state index contributed by atoms with van der Waals surface area (Å²) in [6.45, 7) is 2.15. The van der Waals surface area contributed by atoms with Gasteiger partial charge in [0.2, 0.25) is 0 Å². The first kappa shape index (κ1) is 22.4. The Hall–Kier alpha value is -3.27. The van der Waals surface area contributed by atoms with E-state index >= 15 is 0 Å². The fourth-order valence-electron chi connectivity index (χ4n) is 3.23. The summed E-state index contributed by atoms with van der Waals surface area (Å²) in [5, 5.41) is 4.46. The van der Waals surface area contributed by atoms with E-state index in [-0.39, 0.29) is 11.5 Å². The highest BCUT2D eigenvalue weighted by Crippen LogP contribution is 2.24. The topological polar surface area (TPSA) is 119 Å². The van der Waals surface area contributed by atoms with E-state index in [4.69, 9.17) is 10.5 Å². The van der Waals surface area contributed by atoms with E-state index in [9.17, 15) is 23.6 Å². The van der Waals surface area contributed by atoms with Gasteiger partial charge in [-0.05, 0) is 55.5 Å². The number of halogens is 1. The molecule has 1 aromatic carbocycles. The van der Waals surface area contributed by atoms with Crippen LogP contribution in [0.5, 0.6) is 0 Å². The van der Waals surface area contributed by atoms with E-state index < -0.39 is 35.6 Å². The number of esters is 1. The lowest BCUT2D eigenvalue weighted by atomic mass is 9.96. The number of hydrogen-bond acceptors (Lipinski definition) is 6. The second kappa shape index (κ2) is 9.69. The second-order valence-corrected chi connectivity index (χ2v) is 8.09. The summed E-state index contributed by atoms with van der Waals surface area (Å²) in [6.07, 6.45) is -0.262. The van der Waals surface area contributed by atoms with Crippen molar-refractivity contribution in [2.75, 3.05) is 18.4 Å². The molecule has 1 atom stereocenters. The minimum Gasteiger partial charge on any atom is -0.452 e. The smallest absolute Gasteiger partial charge is 0.309 e. The average molecular weight is 447 g/mol. The van der Waals surface area contributed by atoms with Crippen molar-refractivity contribution in [3.8, 4) is 0 Å². The van der Waals surface area contributed by atoms with Crippen molar-refractivity contribution in [3.05, 3.63) is 52.7 Å². The van der Waals surface area contributed by atoms with E-state index in [1.165, 1.54) is 37.3 Å². The molecule has 1 aromatic heterocycles. The van der Waals surface area contributed by atoms with Crippen molar-refractivity contribution in [1.29, 1.82) is 0 Å². The van der Waals surface area contributed by atoms with E-state index in [0.717, 1.165) is 11.3 Å². The number of thiophene rings is 1. The molecule has 0 saturated carbocycles. The van der Waals surface area contributed by atoms with Crippen LogP contribution >= 0.6 is 11.3 Å². The zero-order valence-corrected chi connectivity index (χ0v) is 17.6. The number of amides is 3. The van der Waals surface area contributed by atoms with Crippen LogP contribution in [0.3, 0.4) is 0 Å². The van der Waals surface area contributed by atoms with Gasteiger partial charge in [0.1, 0.15) is 10.8 Å². The molecule has 1 fully saturated rings. The van der Waals surface area contributed by atoms with Gasteiger partial charge in [0.25, 0.3) is 17.7 Å². The highest BCUT2D eigenvalue weighted by Gasteiger charge is 2.31. The van der Waals surface area contributed by atoms with Crippen molar-refractivity contribution < 1.29 is 28.3 Å². The fourth-order valence-corrected chi connectivity index (χ4v) is 4.03. The summed E-state index contributed by atoms with van der Waals surface area (Å²) in [4.78, 5) is 50.2. The number of nitrogens with zero attached hydrogens (tertiary/aromatic N) is 1. The van der Waals surface area contributed by atoms with E-state index in [2.05, 4.69) is 5.32 Å². The highest BCUT2D eigenvalue weighted by molar-refractivity contribution is 7.14. The molecule has 1 aliphatic heterocycles. The lowest BCUT2D eigenvalue weighted by Crippen LogP contribution is -2.41. The molecule has 2 heterocycles. The van der Waals surface area contributed by atoms with Crippen LogP contribution in [0.25, 0.3) is 0 Å². The van der Waals surface area contributed by atoms with Crippen molar-refractivity contribution >= 4 is 40.0 Å². The van der Waals surface area contributed by atoms with Gasteiger partial charge in [-0.2, -0.15) is 0 Å². The Morgan fingerprint density at radius 2 is 1.81 bits per heavy atom. The quantitative estimate of drug-likeness (QED) is 0.659. The van der Waals surface area contributed by atoms with Crippen molar-refractivity contribution in [2.24, 2.45) is 11.7 Å². The van der Waals surface area contributed by atoms with E-state index in [1.807, 2.05) is 0 Å². The lowest BCUT2D eigenvalue weighted by Gasteiger charge is -2.31. The number of nitrogens with one attached hydrogen (secondary N) is 1. The summed E-state index contributed by atoms with van der Waals surface area (Å²) in [6, 6.07) is 6.81. The van der Waals surface area contributed by atoms with E-state index in [0.29, 0.717) is 36.5 Å². The molecule has 8 nitrogen and oxygen atoms in total. The van der Waals surface area contributed by atoms with Crippen LogP contribution in [0.4, 0.5) is 9.39 Å². The number of hydrogen-bond donors (Lipinski definition) is 2. The average Bonchev–Trinajstić information content (AvgIpc) is 3.22. The Balaban J connectivity index is 1.49. The number of carbonyl (C=O) groups excluding carboxylic acids is 4. The third kappa shape index (κ3) is 5.46. The van der Waals surface area contributed by atoms with Gasteiger partial charge in [0, 0.05) is 18.7 Å². The van der Waals surface area contributed by atoms with Crippen LogP contribution in [0.15, 0.2) is 35.7 Å². The molecule has 0 bridgehead atoms. The number of piperidine rings is 1. The van der Waals surface area contributed by atoms with Gasteiger partial charge in [-0.3, -0.25) is 19.2 Å². The number of likely N-dealkylation sites (tertiary alicyclic amines) is 1. The number of benzene rings is 1. The van der Waals surface area contributed by atoms with E-state index in [1.54, 1.807) is 10.3 Å². The van der Waals surface area contributed by atoms with Gasteiger partial charge in [-0.15, -0.1) is 11.3 Å². The zero-order valence-electron chi connectivity index (χ0n) is 16.8. The maximum atomic E-state index is 13.0. The van der Waals surface area contributed by atoms with Gasteiger partial charge in [0.05, 0.1) is 11.5 Å². The van der Waals surface area contributed by atoms with Crippen LogP contribution < -0.4 is 11.1 Å². The van der Waals surface area contributed by atoms with Crippen molar-refractivity contribution in [3.63, 3.8) is 0 Å². The first-order valence-electron chi connectivity index (χ1n) is 9.69. The first-order chi connectivity index (χ1) is 14.8. The molecule has 1 aliphatic rings. The maximum Gasteiger partial charge on any atom is 0.309 e. The number of nitrogens with two attached hydrogens (primary N) is 1. The Morgan fingerprint density at radius 3 is 2.42 bits per heavy atom. The van der Waals surface area contributed by atoms with Crippen LogP contribution in [0, 0.1) is 11.7 Å². The van der Waals surface area contributed by atoms with Gasteiger partial charge in [-0.1, -0.05) is 0 Å². The molecular formula is C21H22FN3O5S. The second-order valence-electron chi connectivity index (χ2n) is 7.17. The Bertz CT molecular complexity index is 983. The first-order valence-corrected chi connectivity index (χ1v) is 10.6. The molecule has 164 valence electrons. The maximum absolute atomic E-state index is 13.0. The molecule has 0 radical (unpaired) electrons. The highest BCUT2D eigenvalue weighted by atomic mass is 32.1. The molecule has 0 unspecified atom stereocenters. The molecule has 1 saturated heterocycles. The SMILES string of the molecule is C[C@H](OC(=O)C1CCN(C(=O)c2ccc(F)cc2)CC1)C(=O)Nc1sccc1C(N)=O. The normalized spacial score (nSPS) is 15.2. The Morgan fingerprint density at radius 1 is 1.16 bits per heavy atom. The third-order valence-corrected chi connectivity index (χ3v) is 5.87. The lowest BCUT2D eigenvalue weighted by molar-refractivity contribution is -0.158. The summed E-state index contributed by atoms with van der Waals surface area (Å²) in [5.41, 5.74) is 5.83. The number of anilines is 1. The van der Waals surface area contributed by atoms with Crippen molar-refractivity contribution in [1.82, 2.24) is 4.90 Å². The third-order valence-electron chi connectivity index (χ3n) is 5.04. The van der Waals surface area contributed by atoms with Gasteiger partial charge in [0.15, 0.2) is 6.10 Å². The number of primary amides is 1. The standard InChI is InChI=1S/C21H22FN3O5S/c1-12(18(27)24-19-16(17(23)26)8-11-31-19)30-21(29)14-6-9-25(10-7-14)20(28)13-2-4-15(22)5-3-13/h2-5,8,11-12,14H,6-7,9-10H2,1H3,(H2,23,26)(H,24,27)/t12-/m0/s1. The molecule has 3 amide bonds. The number of carbonyl (C=O) groups is 4. The van der Waals surface area contributed by atoms with Gasteiger partial charge >= 0.3 is 5.97 Å². The molecule has 3 N–H and O–H groups in total. The van der Waals surface area contributed by atoms with Crippen molar-refractivity contribution in [2.45, 2.75) is 25.9 Å². The van der Waals surface area contributed by atoms with Crippen LogP contribution in [0.1, 0.15) is 40.5 Å².